The molecule has 27 heavy (non-hydrogen) atoms. The van der Waals surface area contributed by atoms with Crippen LogP contribution in [0, 0.1) is 11.8 Å². The highest BCUT2D eigenvalue weighted by Crippen LogP contribution is 2.62. The smallest absolute Gasteiger partial charge is 0.383 e. The van der Waals surface area contributed by atoms with E-state index in [0.717, 1.165) is 16.9 Å². The van der Waals surface area contributed by atoms with Gasteiger partial charge in [-0.1, -0.05) is 0 Å². The highest BCUT2D eigenvalue weighted by Gasteiger charge is 2.57. The van der Waals surface area contributed by atoms with Crippen molar-refractivity contribution in [2.24, 2.45) is 11.8 Å². The molecule has 2 aliphatic carbocycles. The minimum absolute atomic E-state index is 0.0488. The second kappa shape index (κ2) is 6.00. The van der Waals surface area contributed by atoms with Gasteiger partial charge < -0.3 is 5.73 Å². The van der Waals surface area contributed by atoms with Crippen molar-refractivity contribution < 1.29 is 26.7 Å². The van der Waals surface area contributed by atoms with Crippen molar-refractivity contribution >= 4 is 11.6 Å². The zero-order chi connectivity index (χ0) is 19.5. The number of nitrogens with two attached hydrogens (primary N) is 1. The number of pyridine rings is 1. The first-order valence-corrected chi connectivity index (χ1v) is 8.36. The molecule has 5 nitrogen and oxygen atoms in total. The Labute approximate surface area is 150 Å². The van der Waals surface area contributed by atoms with Gasteiger partial charge in [0.15, 0.2) is 0 Å². The van der Waals surface area contributed by atoms with E-state index in [9.17, 15) is 26.7 Å². The number of rotatable bonds is 4. The van der Waals surface area contributed by atoms with E-state index in [1.807, 2.05) is 0 Å². The molecule has 0 amide bonds. The van der Waals surface area contributed by atoms with Gasteiger partial charge in [-0.3, -0.25) is 9.48 Å². The van der Waals surface area contributed by atoms with Crippen LogP contribution in [0.4, 0.5) is 27.8 Å². The highest BCUT2D eigenvalue weighted by atomic mass is 19.4. The second-order valence-electron chi connectivity index (χ2n) is 6.98. The van der Waals surface area contributed by atoms with E-state index in [4.69, 9.17) is 5.73 Å². The molecule has 2 atom stereocenters. The molecule has 0 bridgehead atoms. The fraction of sp³-hybridized carbons (Fsp3) is 0.471. The van der Waals surface area contributed by atoms with Gasteiger partial charge in [0, 0.05) is 36.2 Å². The first-order valence-electron chi connectivity index (χ1n) is 8.36. The Bertz CT molecular complexity index is 893. The lowest BCUT2D eigenvalue weighted by Crippen LogP contribution is -2.12. The Kier molecular flexibility index (Phi) is 3.97. The number of nitrogens with zero attached hydrogens (tertiary/aromatic N) is 3. The van der Waals surface area contributed by atoms with E-state index in [2.05, 4.69) is 10.1 Å². The molecule has 2 N–H and O–H groups in total. The van der Waals surface area contributed by atoms with Crippen molar-refractivity contribution in [2.75, 3.05) is 5.73 Å². The number of halogens is 5. The van der Waals surface area contributed by atoms with Gasteiger partial charge >= 0.3 is 6.18 Å². The minimum atomic E-state index is -4.69. The van der Waals surface area contributed by atoms with Gasteiger partial charge in [0.25, 0.3) is 6.43 Å². The molecule has 10 heteroatoms. The predicted octanol–water partition coefficient (Wildman–Crippen LogP) is 3.50. The van der Waals surface area contributed by atoms with Gasteiger partial charge in [-0.2, -0.15) is 18.3 Å². The fourth-order valence-electron chi connectivity index (χ4n) is 4.01. The van der Waals surface area contributed by atoms with Crippen LogP contribution in [0.1, 0.15) is 30.0 Å². The maximum atomic E-state index is 13.1. The number of hydrogen-bond acceptors (Lipinski definition) is 4. The Hall–Kier alpha value is -2.52. The van der Waals surface area contributed by atoms with Crippen LogP contribution in [-0.2, 0) is 17.5 Å². The van der Waals surface area contributed by atoms with Gasteiger partial charge in [-0.15, -0.1) is 0 Å². The van der Waals surface area contributed by atoms with Crippen LogP contribution in [0.25, 0.3) is 11.3 Å². The summed E-state index contributed by atoms with van der Waals surface area (Å²) in [5, 5.41) is 4.08. The number of anilines is 1. The van der Waals surface area contributed by atoms with E-state index in [0.29, 0.717) is 18.5 Å². The average Bonchev–Trinajstić information content (AvgIpc) is 2.90. The first-order chi connectivity index (χ1) is 12.6. The summed E-state index contributed by atoms with van der Waals surface area (Å²) in [4.78, 5) is 15.0. The largest absolute Gasteiger partial charge is 0.419 e. The van der Waals surface area contributed by atoms with Gasteiger partial charge in [-0.05, 0) is 24.0 Å². The zero-order valence-electron chi connectivity index (χ0n) is 13.9. The van der Waals surface area contributed by atoms with Crippen LogP contribution in [0.3, 0.4) is 0 Å². The average molecular weight is 386 g/mol. The summed E-state index contributed by atoms with van der Waals surface area (Å²) in [5.74, 6) is -0.360. The highest BCUT2D eigenvalue weighted by molar-refractivity contribution is 5.83. The van der Waals surface area contributed by atoms with E-state index in [-0.39, 0.29) is 34.8 Å². The maximum absolute atomic E-state index is 13.1. The normalized spacial score (nSPS) is 24.5. The zero-order valence-corrected chi connectivity index (χ0v) is 13.9. The monoisotopic (exact) mass is 386 g/mol. The molecular formula is C17H15F5N4O. The number of aromatic nitrogens is 3. The number of hydrogen-bond donors (Lipinski definition) is 1. The Balaban J connectivity index is 1.71. The molecule has 2 saturated carbocycles. The summed E-state index contributed by atoms with van der Waals surface area (Å²) in [7, 11) is 0. The van der Waals surface area contributed by atoms with Crippen molar-refractivity contribution in [3.8, 4) is 11.3 Å². The van der Waals surface area contributed by atoms with Crippen molar-refractivity contribution in [1.29, 1.82) is 0 Å². The third kappa shape index (κ3) is 3.17. The Morgan fingerprint density at radius 2 is 1.89 bits per heavy atom. The van der Waals surface area contributed by atoms with E-state index in [1.54, 1.807) is 0 Å². The second-order valence-corrected chi connectivity index (χ2v) is 6.98. The fourth-order valence-corrected chi connectivity index (χ4v) is 4.01. The molecule has 2 heterocycles. The molecule has 2 aliphatic rings. The van der Waals surface area contributed by atoms with Crippen LogP contribution in [0.15, 0.2) is 18.3 Å². The minimum Gasteiger partial charge on any atom is -0.383 e. The lowest BCUT2D eigenvalue weighted by atomic mass is 10.1. The van der Waals surface area contributed by atoms with Gasteiger partial charge in [0.05, 0.1) is 11.3 Å². The standard InChI is InChI=1S/C17H15F5N4O/c18-14(19)6-26-13(15-9-2-8(27)3-10(9)15)4-12(25-26)7-1-11(17(20,21)22)16(23)24-5-7/h1,4-5,9-10,14-15H,2-3,6H2,(H2,23,24). The number of ketones is 1. The van der Waals surface area contributed by atoms with Crippen molar-refractivity contribution in [1.82, 2.24) is 14.8 Å². The van der Waals surface area contributed by atoms with Gasteiger partial charge in [-0.25, -0.2) is 13.8 Å². The number of fused-ring (bicyclic) bond motifs is 1. The Morgan fingerprint density at radius 3 is 2.48 bits per heavy atom. The predicted molar refractivity (Wildman–Crippen MR) is 84.8 cm³/mol. The van der Waals surface area contributed by atoms with Gasteiger partial charge in [0.1, 0.15) is 18.1 Å². The van der Waals surface area contributed by atoms with Crippen molar-refractivity contribution in [2.45, 2.75) is 37.9 Å². The van der Waals surface area contributed by atoms with Crippen molar-refractivity contribution in [3.05, 3.63) is 29.6 Å². The molecule has 2 unspecified atom stereocenters. The molecule has 0 saturated heterocycles. The van der Waals surface area contributed by atoms with Crippen LogP contribution >= 0.6 is 0 Å². The molecule has 144 valence electrons. The number of Topliss-reactive ketones (excluding diaryl/α,β-unsaturated/α-hetero) is 1. The third-order valence-electron chi connectivity index (χ3n) is 5.24. The van der Waals surface area contributed by atoms with Crippen LogP contribution in [0.2, 0.25) is 0 Å². The number of nitrogen functional groups attached to an aromatic ring is 1. The molecule has 2 aromatic rings. The molecule has 0 spiro atoms. The number of alkyl halides is 5. The summed E-state index contributed by atoms with van der Waals surface area (Å²) in [6.45, 7) is -0.659. The number of carbonyl (C=O) groups excluding carboxylic acids is 1. The summed E-state index contributed by atoms with van der Waals surface area (Å²) in [6, 6.07) is 2.33. The molecule has 0 aliphatic heterocycles. The third-order valence-corrected chi connectivity index (χ3v) is 5.24. The van der Waals surface area contributed by atoms with E-state index >= 15 is 0 Å². The van der Waals surface area contributed by atoms with Crippen LogP contribution in [-0.4, -0.2) is 27.0 Å². The maximum Gasteiger partial charge on any atom is 0.419 e. The quantitative estimate of drug-likeness (QED) is 0.817. The summed E-state index contributed by atoms with van der Waals surface area (Å²) < 4.78 is 66.2. The molecule has 0 radical (unpaired) electrons. The first kappa shape index (κ1) is 17.9. The van der Waals surface area contributed by atoms with Gasteiger partial charge in [0.2, 0.25) is 0 Å². The molecule has 0 aromatic carbocycles. The molecule has 2 aromatic heterocycles. The van der Waals surface area contributed by atoms with E-state index in [1.165, 1.54) is 6.07 Å². The van der Waals surface area contributed by atoms with E-state index < -0.39 is 30.5 Å². The molecular weight excluding hydrogens is 371 g/mol. The van der Waals surface area contributed by atoms with Crippen LogP contribution < -0.4 is 5.73 Å². The summed E-state index contributed by atoms with van der Waals surface area (Å²) in [6.07, 6.45) is -5.39. The SMILES string of the molecule is Nc1ncc(-c2cc(C3C4CC(=O)CC43)n(CC(F)F)n2)cc1C(F)(F)F. The number of carbonyl (C=O) groups is 1. The summed E-state index contributed by atoms with van der Waals surface area (Å²) in [5.41, 5.74) is 4.90. The lowest BCUT2D eigenvalue weighted by molar-refractivity contribution is -0.137. The molecule has 2 fully saturated rings. The lowest BCUT2D eigenvalue weighted by Gasteiger charge is -2.10. The molecule has 4 rings (SSSR count). The van der Waals surface area contributed by atoms with Crippen LogP contribution in [0.5, 0.6) is 0 Å². The summed E-state index contributed by atoms with van der Waals surface area (Å²) >= 11 is 0. The topological polar surface area (TPSA) is 73.8 Å². The van der Waals surface area contributed by atoms with Crippen molar-refractivity contribution in [3.63, 3.8) is 0 Å². The Morgan fingerprint density at radius 1 is 1.22 bits per heavy atom.